The van der Waals surface area contributed by atoms with E-state index in [0.29, 0.717) is 5.56 Å². The van der Waals surface area contributed by atoms with Crippen LogP contribution in [-0.2, 0) is 11.5 Å². The maximum absolute atomic E-state index is 8.76. The van der Waals surface area contributed by atoms with E-state index >= 15 is 0 Å². The van der Waals surface area contributed by atoms with Crippen molar-refractivity contribution in [1.29, 1.82) is 5.26 Å². The second-order valence-electron chi connectivity index (χ2n) is 4.26. The number of methoxy groups -OCH3 is 1. The monoisotopic (exact) mass is 303 g/mol. The van der Waals surface area contributed by atoms with Crippen molar-refractivity contribution in [2.75, 3.05) is 7.11 Å². The zero-order valence-electron chi connectivity index (χ0n) is 11.1. The van der Waals surface area contributed by atoms with Crippen LogP contribution < -0.4 is 4.74 Å². The highest BCUT2D eigenvalue weighted by molar-refractivity contribution is 7.97. The quantitative estimate of drug-likeness (QED) is 0.806. The summed E-state index contributed by atoms with van der Waals surface area (Å²) >= 11 is 7.80. The molecule has 0 atom stereocenters. The van der Waals surface area contributed by atoms with Crippen LogP contribution in [0.4, 0.5) is 0 Å². The van der Waals surface area contributed by atoms with Crippen LogP contribution in [-0.4, -0.2) is 7.11 Å². The summed E-state index contributed by atoms with van der Waals surface area (Å²) in [5.74, 6) is 2.59. The van der Waals surface area contributed by atoms with Crippen LogP contribution in [0, 0.1) is 11.3 Å². The number of hydrogen-bond acceptors (Lipinski definition) is 3. The molecule has 0 bridgehead atoms. The van der Waals surface area contributed by atoms with Crippen LogP contribution >= 0.6 is 23.4 Å². The average Bonchev–Trinajstić information content (AvgIpc) is 2.48. The zero-order chi connectivity index (χ0) is 14.4. The molecule has 2 nitrogen and oxygen atoms in total. The Morgan fingerprint density at radius 2 is 1.90 bits per heavy atom. The van der Waals surface area contributed by atoms with E-state index < -0.39 is 0 Å². The molecule has 0 aliphatic rings. The Morgan fingerprint density at radius 3 is 2.55 bits per heavy atom. The Labute approximate surface area is 128 Å². The molecule has 2 rings (SSSR count). The summed E-state index contributed by atoms with van der Waals surface area (Å²) in [5, 5.41) is 9.48. The second kappa shape index (κ2) is 7.23. The van der Waals surface area contributed by atoms with Crippen molar-refractivity contribution in [3.05, 3.63) is 64.2 Å². The van der Waals surface area contributed by atoms with Gasteiger partial charge in [-0.05, 0) is 35.9 Å². The molecule has 2 aromatic carbocycles. The highest BCUT2D eigenvalue weighted by Gasteiger charge is 2.04. The number of benzene rings is 2. The van der Waals surface area contributed by atoms with Crippen LogP contribution in [0.5, 0.6) is 5.75 Å². The Hall–Kier alpha value is -1.63. The van der Waals surface area contributed by atoms with Gasteiger partial charge in [0, 0.05) is 22.1 Å². The molecule has 0 fully saturated rings. The van der Waals surface area contributed by atoms with Gasteiger partial charge in [0.25, 0.3) is 0 Å². The topological polar surface area (TPSA) is 33.0 Å². The summed E-state index contributed by atoms with van der Waals surface area (Å²) in [6.45, 7) is 0. The Bertz CT molecular complexity index is 619. The predicted molar refractivity (Wildman–Crippen MR) is 84.2 cm³/mol. The number of rotatable bonds is 5. The highest BCUT2D eigenvalue weighted by Crippen LogP contribution is 2.27. The van der Waals surface area contributed by atoms with Crippen molar-refractivity contribution in [1.82, 2.24) is 0 Å². The molecule has 0 aromatic heterocycles. The highest BCUT2D eigenvalue weighted by atomic mass is 35.5. The predicted octanol–water partition coefficient (Wildman–Crippen LogP) is 4.65. The molecule has 2 aromatic rings. The fraction of sp³-hybridized carbons (Fsp3) is 0.188. The van der Waals surface area contributed by atoms with E-state index in [1.807, 2.05) is 42.5 Å². The summed E-state index contributed by atoms with van der Waals surface area (Å²) in [7, 11) is 1.66. The molecular weight excluding hydrogens is 290 g/mol. The normalized spacial score (nSPS) is 10.1. The van der Waals surface area contributed by atoms with Crippen molar-refractivity contribution in [2.24, 2.45) is 0 Å². The van der Waals surface area contributed by atoms with Crippen LogP contribution in [0.25, 0.3) is 0 Å². The Kier molecular flexibility index (Phi) is 5.34. The first kappa shape index (κ1) is 14.8. The first-order chi connectivity index (χ1) is 9.72. The van der Waals surface area contributed by atoms with Crippen LogP contribution in [0.1, 0.15) is 16.7 Å². The molecule has 0 heterocycles. The minimum Gasteiger partial charge on any atom is -0.496 e. The lowest BCUT2D eigenvalue weighted by atomic mass is 10.2. The minimum atomic E-state index is 0.690. The molecule has 0 N–H and O–H groups in total. The lowest BCUT2D eigenvalue weighted by Gasteiger charge is -2.08. The van der Waals surface area contributed by atoms with E-state index in [9.17, 15) is 0 Å². The van der Waals surface area contributed by atoms with Crippen LogP contribution in [0.2, 0.25) is 5.02 Å². The van der Waals surface area contributed by atoms with Gasteiger partial charge in [0.2, 0.25) is 0 Å². The molecule has 0 amide bonds. The molecule has 0 aliphatic heterocycles. The summed E-state index contributed by atoms with van der Waals surface area (Å²) in [4.78, 5) is 0. The van der Waals surface area contributed by atoms with E-state index in [4.69, 9.17) is 21.6 Å². The number of ether oxygens (including phenoxy) is 1. The molecule has 20 heavy (non-hydrogen) atoms. The van der Waals surface area contributed by atoms with Crippen molar-refractivity contribution in [3.63, 3.8) is 0 Å². The molecule has 0 spiro atoms. The van der Waals surface area contributed by atoms with Crippen LogP contribution in [0.3, 0.4) is 0 Å². The van der Waals surface area contributed by atoms with E-state index in [-0.39, 0.29) is 0 Å². The van der Waals surface area contributed by atoms with Gasteiger partial charge < -0.3 is 4.74 Å². The summed E-state index contributed by atoms with van der Waals surface area (Å²) in [6, 6.07) is 15.4. The smallest absolute Gasteiger partial charge is 0.122 e. The molecule has 0 radical (unpaired) electrons. The SMILES string of the molecule is COc1ccc(Cl)cc1CSCc1ccc(C#N)cc1. The van der Waals surface area contributed by atoms with E-state index in [0.717, 1.165) is 27.8 Å². The standard InChI is InChI=1S/C16H14ClNOS/c1-19-16-7-6-15(17)8-14(16)11-20-10-13-4-2-12(9-18)3-5-13/h2-8H,10-11H2,1H3. The fourth-order valence-corrected chi connectivity index (χ4v) is 2.98. The lowest BCUT2D eigenvalue weighted by Crippen LogP contribution is -1.91. The number of halogens is 1. The van der Waals surface area contributed by atoms with Gasteiger partial charge in [-0.2, -0.15) is 17.0 Å². The van der Waals surface area contributed by atoms with Gasteiger partial charge in [-0.3, -0.25) is 0 Å². The van der Waals surface area contributed by atoms with Gasteiger partial charge >= 0.3 is 0 Å². The van der Waals surface area contributed by atoms with Crippen molar-refractivity contribution in [3.8, 4) is 11.8 Å². The van der Waals surface area contributed by atoms with Gasteiger partial charge in [0.05, 0.1) is 18.7 Å². The average molecular weight is 304 g/mol. The van der Waals surface area contributed by atoms with Gasteiger partial charge in [-0.1, -0.05) is 23.7 Å². The largest absolute Gasteiger partial charge is 0.496 e. The first-order valence-electron chi connectivity index (χ1n) is 6.12. The molecule has 102 valence electrons. The molecule has 4 heteroatoms. The molecule has 0 saturated carbocycles. The van der Waals surface area contributed by atoms with E-state index in [2.05, 4.69) is 6.07 Å². The number of nitriles is 1. The van der Waals surface area contributed by atoms with E-state index in [1.54, 1.807) is 18.9 Å². The lowest BCUT2D eigenvalue weighted by molar-refractivity contribution is 0.411. The van der Waals surface area contributed by atoms with Crippen LogP contribution in [0.15, 0.2) is 42.5 Å². The maximum atomic E-state index is 8.76. The first-order valence-corrected chi connectivity index (χ1v) is 7.65. The second-order valence-corrected chi connectivity index (χ2v) is 5.68. The maximum Gasteiger partial charge on any atom is 0.122 e. The minimum absolute atomic E-state index is 0.690. The van der Waals surface area contributed by atoms with Crippen molar-refractivity contribution >= 4 is 23.4 Å². The van der Waals surface area contributed by atoms with Gasteiger partial charge in [0.1, 0.15) is 5.75 Å². The fourth-order valence-electron chi connectivity index (χ4n) is 1.81. The number of nitrogens with zero attached hydrogens (tertiary/aromatic N) is 1. The zero-order valence-corrected chi connectivity index (χ0v) is 12.7. The van der Waals surface area contributed by atoms with E-state index in [1.165, 1.54) is 5.56 Å². The number of hydrogen-bond donors (Lipinski definition) is 0. The molecule has 0 unspecified atom stereocenters. The third-order valence-corrected chi connectivity index (χ3v) is 4.14. The Morgan fingerprint density at radius 1 is 1.15 bits per heavy atom. The molecular formula is C16H14ClNOS. The third kappa shape index (κ3) is 3.93. The summed E-state index contributed by atoms with van der Waals surface area (Å²) < 4.78 is 5.33. The van der Waals surface area contributed by atoms with Gasteiger partial charge in [0.15, 0.2) is 0 Å². The van der Waals surface area contributed by atoms with Crippen molar-refractivity contribution in [2.45, 2.75) is 11.5 Å². The molecule has 0 saturated heterocycles. The van der Waals surface area contributed by atoms with Gasteiger partial charge in [-0.15, -0.1) is 0 Å². The molecule has 0 aliphatic carbocycles. The number of thioether (sulfide) groups is 1. The summed E-state index contributed by atoms with van der Waals surface area (Å²) in [6.07, 6.45) is 0. The Balaban J connectivity index is 1.95. The van der Waals surface area contributed by atoms with Gasteiger partial charge in [-0.25, -0.2) is 0 Å². The third-order valence-electron chi connectivity index (χ3n) is 2.85. The summed E-state index contributed by atoms with van der Waals surface area (Å²) in [5.41, 5.74) is 2.99. The van der Waals surface area contributed by atoms with Crippen molar-refractivity contribution < 1.29 is 4.74 Å².